The molecule has 186 valence electrons. The Hall–Kier alpha value is -3.42. The van der Waals surface area contributed by atoms with Gasteiger partial charge < -0.3 is 19.5 Å². The summed E-state index contributed by atoms with van der Waals surface area (Å²) in [5.74, 6) is -0.901. The second-order valence-electron chi connectivity index (χ2n) is 8.63. The molecule has 7 heteroatoms. The maximum Gasteiger partial charge on any atom is 0.295 e. The zero-order chi connectivity index (χ0) is 25.7. The number of methoxy groups -OCH3 is 1. The van der Waals surface area contributed by atoms with Crippen LogP contribution in [0.4, 0.5) is 0 Å². The number of nitrogens with zero attached hydrogens (tertiary/aromatic N) is 1. The summed E-state index contributed by atoms with van der Waals surface area (Å²) in [6, 6.07) is 21.6. The summed E-state index contributed by atoms with van der Waals surface area (Å²) in [6.45, 7) is 3.25. The monoisotopic (exact) mass is 549 g/mol. The van der Waals surface area contributed by atoms with Gasteiger partial charge in [0.2, 0.25) is 0 Å². The van der Waals surface area contributed by atoms with Gasteiger partial charge in [-0.25, -0.2) is 0 Å². The molecule has 6 nitrogen and oxygen atoms in total. The van der Waals surface area contributed by atoms with E-state index in [0.717, 1.165) is 21.2 Å². The highest BCUT2D eigenvalue weighted by Crippen LogP contribution is 2.40. The fourth-order valence-corrected chi connectivity index (χ4v) is 4.73. The van der Waals surface area contributed by atoms with E-state index in [1.54, 1.807) is 31.4 Å². The topological polar surface area (TPSA) is 76.1 Å². The lowest BCUT2D eigenvalue weighted by molar-refractivity contribution is -0.140. The van der Waals surface area contributed by atoms with Crippen molar-refractivity contribution in [3.8, 4) is 5.75 Å². The number of Topliss-reactive ketones (excluding diaryl/α,β-unsaturated/α-hetero) is 1. The first kappa shape index (κ1) is 25.7. The fourth-order valence-electron chi connectivity index (χ4n) is 4.31. The van der Waals surface area contributed by atoms with Crippen LogP contribution in [0.25, 0.3) is 5.76 Å². The number of benzene rings is 3. The van der Waals surface area contributed by atoms with Crippen molar-refractivity contribution in [1.82, 2.24) is 4.90 Å². The van der Waals surface area contributed by atoms with E-state index >= 15 is 0 Å². The Balaban J connectivity index is 1.64. The quantitative estimate of drug-likeness (QED) is 0.158. The second kappa shape index (κ2) is 11.5. The summed E-state index contributed by atoms with van der Waals surface area (Å²) in [4.78, 5) is 27.6. The smallest absolute Gasteiger partial charge is 0.295 e. The minimum absolute atomic E-state index is 0.0732. The van der Waals surface area contributed by atoms with Crippen LogP contribution in [0.3, 0.4) is 0 Å². The van der Waals surface area contributed by atoms with Crippen molar-refractivity contribution in [2.24, 2.45) is 0 Å². The predicted octanol–water partition coefficient (Wildman–Crippen LogP) is 5.79. The Morgan fingerprint density at radius 3 is 2.47 bits per heavy atom. The number of halogens is 1. The lowest BCUT2D eigenvalue weighted by Crippen LogP contribution is -2.31. The average molecular weight is 550 g/mol. The van der Waals surface area contributed by atoms with Crippen LogP contribution in [0.15, 0.2) is 82.8 Å². The van der Waals surface area contributed by atoms with Crippen molar-refractivity contribution in [3.63, 3.8) is 0 Å². The van der Waals surface area contributed by atoms with Gasteiger partial charge in [-0.05, 0) is 66.4 Å². The summed E-state index contributed by atoms with van der Waals surface area (Å²) in [5.41, 5.74) is 3.49. The third-order valence-corrected chi connectivity index (χ3v) is 6.73. The number of ketones is 1. The third kappa shape index (κ3) is 5.53. The first-order valence-corrected chi connectivity index (χ1v) is 12.5. The van der Waals surface area contributed by atoms with Crippen LogP contribution in [0.2, 0.25) is 0 Å². The van der Waals surface area contributed by atoms with Gasteiger partial charge in [-0.3, -0.25) is 9.59 Å². The SMILES string of the molecule is COCCCN1C(=O)C(=O)/C(=C(/O)c2ccc(OCc3ccccc3C)cc2)C1c1cccc(Br)c1. The number of likely N-dealkylation sites (tertiary alicyclic amines) is 1. The number of hydrogen-bond donors (Lipinski definition) is 1. The van der Waals surface area contributed by atoms with E-state index < -0.39 is 17.7 Å². The largest absolute Gasteiger partial charge is 0.507 e. The van der Waals surface area contributed by atoms with Crippen LogP contribution < -0.4 is 4.74 Å². The molecule has 1 aliphatic rings. The Morgan fingerprint density at radius 1 is 1.03 bits per heavy atom. The number of aryl methyl sites for hydroxylation is 1. The first-order valence-electron chi connectivity index (χ1n) is 11.7. The molecule has 1 amide bonds. The molecule has 1 saturated heterocycles. The summed E-state index contributed by atoms with van der Waals surface area (Å²) in [6.07, 6.45) is 0.570. The van der Waals surface area contributed by atoms with Crippen LogP contribution in [-0.4, -0.2) is 42.0 Å². The molecule has 4 rings (SSSR count). The number of ether oxygens (including phenoxy) is 2. The molecule has 0 bridgehead atoms. The zero-order valence-corrected chi connectivity index (χ0v) is 21.8. The standard InChI is InChI=1S/C29H28BrNO5/c1-19-7-3-4-8-22(19)18-36-24-13-11-20(12-14-24)27(32)25-26(21-9-5-10-23(30)17-21)31(15-6-16-35-2)29(34)28(25)33/h3-5,7-14,17,26,32H,6,15-16,18H2,1-2H3/b27-25+. The molecule has 0 aromatic heterocycles. The Morgan fingerprint density at radius 2 is 1.78 bits per heavy atom. The van der Waals surface area contributed by atoms with Crippen molar-refractivity contribution >= 4 is 33.4 Å². The Kier molecular flexibility index (Phi) is 8.23. The number of aliphatic hydroxyl groups excluding tert-OH is 1. The maximum atomic E-state index is 13.1. The normalized spacial score (nSPS) is 17.0. The van der Waals surface area contributed by atoms with Crippen molar-refractivity contribution in [1.29, 1.82) is 0 Å². The lowest BCUT2D eigenvalue weighted by Gasteiger charge is -2.25. The summed E-state index contributed by atoms with van der Waals surface area (Å²) >= 11 is 3.47. The number of hydrogen-bond acceptors (Lipinski definition) is 5. The summed E-state index contributed by atoms with van der Waals surface area (Å²) in [7, 11) is 1.59. The zero-order valence-electron chi connectivity index (χ0n) is 20.2. The Labute approximate surface area is 219 Å². The first-order chi connectivity index (χ1) is 17.4. The molecule has 0 saturated carbocycles. The van der Waals surface area contributed by atoms with Crippen LogP contribution >= 0.6 is 15.9 Å². The molecule has 1 atom stereocenters. The van der Waals surface area contributed by atoms with Gasteiger partial charge in [0.15, 0.2) is 0 Å². The van der Waals surface area contributed by atoms with E-state index in [1.807, 2.05) is 55.5 Å². The van der Waals surface area contributed by atoms with Gasteiger partial charge in [-0.2, -0.15) is 0 Å². The molecule has 1 heterocycles. The molecule has 0 radical (unpaired) electrons. The molecular weight excluding hydrogens is 522 g/mol. The van der Waals surface area contributed by atoms with Gasteiger partial charge in [0.1, 0.15) is 18.1 Å². The molecule has 1 unspecified atom stereocenters. The molecular formula is C29H28BrNO5. The van der Waals surface area contributed by atoms with E-state index in [1.165, 1.54) is 4.90 Å². The molecule has 0 spiro atoms. The molecule has 36 heavy (non-hydrogen) atoms. The number of aliphatic hydroxyl groups is 1. The summed E-state index contributed by atoms with van der Waals surface area (Å²) in [5, 5.41) is 11.2. The van der Waals surface area contributed by atoms with E-state index in [9.17, 15) is 14.7 Å². The van der Waals surface area contributed by atoms with Crippen molar-refractivity contribution < 1.29 is 24.2 Å². The number of carbonyl (C=O) groups excluding carboxylic acids is 2. The minimum Gasteiger partial charge on any atom is -0.507 e. The highest BCUT2D eigenvalue weighted by Gasteiger charge is 2.45. The molecule has 3 aromatic carbocycles. The van der Waals surface area contributed by atoms with Gasteiger partial charge in [-0.15, -0.1) is 0 Å². The molecule has 1 N–H and O–H groups in total. The Bertz CT molecular complexity index is 1280. The second-order valence-corrected chi connectivity index (χ2v) is 9.55. The maximum absolute atomic E-state index is 13.1. The molecule has 1 aliphatic heterocycles. The van der Waals surface area contributed by atoms with Crippen molar-refractivity contribution in [2.75, 3.05) is 20.3 Å². The van der Waals surface area contributed by atoms with Crippen LogP contribution in [0, 0.1) is 6.92 Å². The van der Waals surface area contributed by atoms with Crippen molar-refractivity contribution in [3.05, 3.63) is 105 Å². The van der Waals surface area contributed by atoms with E-state index in [2.05, 4.69) is 15.9 Å². The average Bonchev–Trinajstić information content (AvgIpc) is 3.13. The van der Waals surface area contributed by atoms with Gasteiger partial charge in [0, 0.05) is 30.3 Å². The molecule has 0 aliphatic carbocycles. The van der Waals surface area contributed by atoms with Crippen LogP contribution in [0.1, 0.15) is 34.7 Å². The van der Waals surface area contributed by atoms with Gasteiger partial charge in [-0.1, -0.05) is 52.3 Å². The van der Waals surface area contributed by atoms with Crippen molar-refractivity contribution in [2.45, 2.75) is 26.0 Å². The minimum atomic E-state index is -0.699. The molecule has 3 aromatic rings. The highest BCUT2D eigenvalue weighted by atomic mass is 79.9. The van der Waals surface area contributed by atoms with Crippen LogP contribution in [0.5, 0.6) is 5.75 Å². The van der Waals surface area contributed by atoms with Gasteiger partial charge in [0.25, 0.3) is 11.7 Å². The van der Waals surface area contributed by atoms with Gasteiger partial charge in [0.05, 0.1) is 11.6 Å². The van der Waals surface area contributed by atoms with E-state index in [0.29, 0.717) is 37.5 Å². The summed E-state index contributed by atoms with van der Waals surface area (Å²) < 4.78 is 11.8. The lowest BCUT2D eigenvalue weighted by atomic mass is 9.95. The van der Waals surface area contributed by atoms with E-state index in [-0.39, 0.29) is 11.3 Å². The van der Waals surface area contributed by atoms with Gasteiger partial charge >= 0.3 is 0 Å². The number of rotatable bonds is 9. The number of amides is 1. The van der Waals surface area contributed by atoms with Crippen LogP contribution in [-0.2, 0) is 20.9 Å². The van der Waals surface area contributed by atoms with E-state index in [4.69, 9.17) is 9.47 Å². The highest BCUT2D eigenvalue weighted by molar-refractivity contribution is 9.10. The number of carbonyl (C=O) groups is 2. The molecule has 1 fully saturated rings. The third-order valence-electron chi connectivity index (χ3n) is 6.24. The fraction of sp³-hybridized carbons (Fsp3) is 0.241. The predicted molar refractivity (Wildman–Crippen MR) is 142 cm³/mol.